The molecule has 0 radical (unpaired) electrons. The summed E-state index contributed by atoms with van der Waals surface area (Å²) in [5.41, 5.74) is 4.43. The molecule has 0 aromatic heterocycles. The standard InChI is InChI=1S/C11H13NO/c1-7-5-10-8(2)12-4-3-9(10)6-11(7)13/h5-6,13H,3-4H2,1-2H3. The van der Waals surface area contributed by atoms with Crippen molar-refractivity contribution < 1.29 is 5.11 Å². The minimum Gasteiger partial charge on any atom is -0.508 e. The van der Waals surface area contributed by atoms with E-state index in [0.29, 0.717) is 5.75 Å². The van der Waals surface area contributed by atoms with E-state index >= 15 is 0 Å². The summed E-state index contributed by atoms with van der Waals surface area (Å²) in [5.74, 6) is 0.397. The number of fused-ring (bicyclic) bond motifs is 1. The summed E-state index contributed by atoms with van der Waals surface area (Å²) in [6, 6.07) is 3.88. The molecule has 1 aliphatic heterocycles. The first kappa shape index (κ1) is 8.30. The molecule has 13 heavy (non-hydrogen) atoms. The molecule has 1 aromatic rings. The summed E-state index contributed by atoms with van der Waals surface area (Å²) in [6.45, 7) is 4.79. The maximum Gasteiger partial charge on any atom is 0.118 e. The van der Waals surface area contributed by atoms with Gasteiger partial charge in [0, 0.05) is 12.3 Å². The number of aliphatic imine (C=N–C) groups is 1. The van der Waals surface area contributed by atoms with Crippen molar-refractivity contribution in [1.82, 2.24) is 0 Å². The maximum absolute atomic E-state index is 9.52. The van der Waals surface area contributed by atoms with Gasteiger partial charge in [0.05, 0.1) is 0 Å². The normalized spacial score (nSPS) is 15.1. The summed E-state index contributed by atoms with van der Waals surface area (Å²) < 4.78 is 0. The Morgan fingerprint density at radius 2 is 2.08 bits per heavy atom. The van der Waals surface area contributed by atoms with E-state index in [1.165, 1.54) is 11.1 Å². The van der Waals surface area contributed by atoms with Crippen LogP contribution in [0.25, 0.3) is 0 Å². The van der Waals surface area contributed by atoms with Crippen LogP contribution in [0.4, 0.5) is 0 Å². The van der Waals surface area contributed by atoms with Crippen molar-refractivity contribution in [2.24, 2.45) is 4.99 Å². The average molecular weight is 175 g/mol. The van der Waals surface area contributed by atoms with Crippen LogP contribution in [0.1, 0.15) is 23.6 Å². The second-order valence-electron chi connectivity index (χ2n) is 3.51. The summed E-state index contributed by atoms with van der Waals surface area (Å²) in [7, 11) is 0. The molecule has 2 heteroatoms. The van der Waals surface area contributed by atoms with Crippen LogP contribution in [0.3, 0.4) is 0 Å². The topological polar surface area (TPSA) is 32.6 Å². The van der Waals surface area contributed by atoms with E-state index in [-0.39, 0.29) is 0 Å². The fourth-order valence-electron chi connectivity index (χ4n) is 1.71. The van der Waals surface area contributed by atoms with E-state index < -0.39 is 0 Å². The van der Waals surface area contributed by atoms with Crippen molar-refractivity contribution in [3.63, 3.8) is 0 Å². The zero-order valence-corrected chi connectivity index (χ0v) is 7.96. The van der Waals surface area contributed by atoms with E-state index in [4.69, 9.17) is 0 Å². The van der Waals surface area contributed by atoms with Gasteiger partial charge in [-0.3, -0.25) is 4.99 Å². The number of nitrogens with zero attached hydrogens (tertiary/aromatic N) is 1. The van der Waals surface area contributed by atoms with Gasteiger partial charge in [0.15, 0.2) is 0 Å². The van der Waals surface area contributed by atoms with Crippen LogP contribution < -0.4 is 0 Å². The SMILES string of the molecule is CC1=NCCc2cc(O)c(C)cc21. The summed E-state index contributed by atoms with van der Waals surface area (Å²) in [4.78, 5) is 4.38. The molecule has 0 amide bonds. The maximum atomic E-state index is 9.52. The molecule has 0 aliphatic carbocycles. The van der Waals surface area contributed by atoms with Crippen molar-refractivity contribution >= 4 is 5.71 Å². The fourth-order valence-corrected chi connectivity index (χ4v) is 1.71. The zero-order valence-electron chi connectivity index (χ0n) is 7.96. The Kier molecular flexibility index (Phi) is 1.83. The van der Waals surface area contributed by atoms with Gasteiger partial charge in [-0.25, -0.2) is 0 Å². The molecule has 1 heterocycles. The van der Waals surface area contributed by atoms with Crippen LogP contribution in [0, 0.1) is 6.92 Å². The molecule has 2 rings (SSSR count). The molecule has 1 aliphatic rings. The van der Waals surface area contributed by atoms with Crippen LogP contribution >= 0.6 is 0 Å². The van der Waals surface area contributed by atoms with E-state index in [9.17, 15) is 5.11 Å². The Bertz CT molecular complexity index is 380. The van der Waals surface area contributed by atoms with Crippen LogP contribution in [-0.2, 0) is 6.42 Å². The average Bonchev–Trinajstić information content (AvgIpc) is 2.09. The van der Waals surface area contributed by atoms with Crippen LogP contribution in [0.5, 0.6) is 5.75 Å². The van der Waals surface area contributed by atoms with Crippen molar-refractivity contribution in [1.29, 1.82) is 0 Å². The number of aryl methyl sites for hydroxylation is 1. The number of aromatic hydroxyl groups is 1. The minimum absolute atomic E-state index is 0.397. The lowest BCUT2D eigenvalue weighted by Gasteiger charge is -2.15. The molecule has 0 unspecified atom stereocenters. The quantitative estimate of drug-likeness (QED) is 0.643. The molecule has 1 aromatic carbocycles. The van der Waals surface area contributed by atoms with Crippen LogP contribution in [0.2, 0.25) is 0 Å². The molecule has 0 fully saturated rings. The van der Waals surface area contributed by atoms with Gasteiger partial charge in [-0.15, -0.1) is 0 Å². The molecule has 0 bridgehead atoms. The zero-order chi connectivity index (χ0) is 9.42. The Balaban J connectivity index is 2.61. The second-order valence-corrected chi connectivity index (χ2v) is 3.51. The highest BCUT2D eigenvalue weighted by Crippen LogP contribution is 2.24. The minimum atomic E-state index is 0.397. The third-order valence-electron chi connectivity index (χ3n) is 2.54. The van der Waals surface area contributed by atoms with Gasteiger partial charge in [-0.05, 0) is 49.1 Å². The lowest BCUT2D eigenvalue weighted by Crippen LogP contribution is -2.09. The number of hydrogen-bond donors (Lipinski definition) is 1. The lowest BCUT2D eigenvalue weighted by molar-refractivity contribution is 0.470. The van der Waals surface area contributed by atoms with Crippen molar-refractivity contribution in [2.75, 3.05) is 6.54 Å². The second kappa shape index (κ2) is 2.87. The number of phenols is 1. The predicted octanol–water partition coefficient (Wildman–Crippen LogP) is 2.07. The predicted molar refractivity (Wildman–Crippen MR) is 53.6 cm³/mol. The van der Waals surface area contributed by atoms with Crippen molar-refractivity contribution in [3.8, 4) is 5.75 Å². The van der Waals surface area contributed by atoms with Gasteiger partial charge in [0.25, 0.3) is 0 Å². The van der Waals surface area contributed by atoms with Crippen molar-refractivity contribution in [3.05, 3.63) is 28.8 Å². The summed E-state index contributed by atoms with van der Waals surface area (Å²) >= 11 is 0. The Morgan fingerprint density at radius 3 is 2.85 bits per heavy atom. The number of hydrogen-bond acceptors (Lipinski definition) is 2. The van der Waals surface area contributed by atoms with Gasteiger partial charge in [0.1, 0.15) is 5.75 Å². The van der Waals surface area contributed by atoms with Crippen LogP contribution in [-0.4, -0.2) is 17.4 Å². The van der Waals surface area contributed by atoms with E-state index in [2.05, 4.69) is 4.99 Å². The Hall–Kier alpha value is -1.31. The van der Waals surface area contributed by atoms with E-state index in [1.807, 2.05) is 26.0 Å². The number of benzene rings is 1. The molecule has 2 nitrogen and oxygen atoms in total. The molecule has 0 saturated heterocycles. The Morgan fingerprint density at radius 1 is 1.31 bits per heavy atom. The molecule has 0 saturated carbocycles. The Labute approximate surface area is 77.9 Å². The van der Waals surface area contributed by atoms with Gasteiger partial charge in [-0.2, -0.15) is 0 Å². The fraction of sp³-hybridized carbons (Fsp3) is 0.364. The third-order valence-corrected chi connectivity index (χ3v) is 2.54. The highest BCUT2D eigenvalue weighted by atomic mass is 16.3. The molecular weight excluding hydrogens is 162 g/mol. The smallest absolute Gasteiger partial charge is 0.118 e. The van der Waals surface area contributed by atoms with Gasteiger partial charge in [-0.1, -0.05) is 0 Å². The largest absolute Gasteiger partial charge is 0.508 e. The van der Waals surface area contributed by atoms with Crippen molar-refractivity contribution in [2.45, 2.75) is 20.3 Å². The highest BCUT2D eigenvalue weighted by Gasteiger charge is 2.12. The van der Waals surface area contributed by atoms with Crippen LogP contribution in [0.15, 0.2) is 17.1 Å². The highest BCUT2D eigenvalue weighted by molar-refractivity contribution is 6.01. The third kappa shape index (κ3) is 1.32. The molecule has 0 spiro atoms. The van der Waals surface area contributed by atoms with E-state index in [0.717, 1.165) is 24.2 Å². The molecule has 68 valence electrons. The molecule has 0 atom stereocenters. The first-order valence-electron chi connectivity index (χ1n) is 4.52. The number of phenolic OH excluding ortho intramolecular Hbond substituents is 1. The first-order chi connectivity index (χ1) is 6.18. The number of rotatable bonds is 0. The lowest BCUT2D eigenvalue weighted by atomic mass is 9.96. The molecule has 1 N–H and O–H groups in total. The summed E-state index contributed by atoms with van der Waals surface area (Å²) in [6.07, 6.45) is 0.945. The first-order valence-corrected chi connectivity index (χ1v) is 4.52. The van der Waals surface area contributed by atoms with Gasteiger partial charge < -0.3 is 5.11 Å². The summed E-state index contributed by atoms with van der Waals surface area (Å²) in [5, 5.41) is 9.52. The van der Waals surface area contributed by atoms with Gasteiger partial charge in [0.2, 0.25) is 0 Å². The monoisotopic (exact) mass is 175 g/mol. The van der Waals surface area contributed by atoms with Gasteiger partial charge >= 0.3 is 0 Å². The molecular formula is C11H13NO. The van der Waals surface area contributed by atoms with E-state index in [1.54, 1.807) is 0 Å².